The first kappa shape index (κ1) is 13.5. The van der Waals surface area contributed by atoms with Crippen LogP contribution in [0.3, 0.4) is 0 Å². The lowest BCUT2D eigenvalue weighted by molar-refractivity contribution is 0.357. The minimum atomic E-state index is 0.152. The summed E-state index contributed by atoms with van der Waals surface area (Å²) in [5.41, 5.74) is 4.83. The maximum atomic E-state index is 6.25. The molecule has 104 valence electrons. The third-order valence-corrected chi connectivity index (χ3v) is 4.27. The molecule has 0 fully saturated rings. The quantitative estimate of drug-likeness (QED) is 0.925. The van der Waals surface area contributed by atoms with E-state index in [1.807, 2.05) is 20.0 Å². The van der Waals surface area contributed by atoms with E-state index in [1.54, 1.807) is 0 Å². The number of aryl methyl sites for hydroxylation is 1. The first-order chi connectivity index (χ1) is 9.69. The van der Waals surface area contributed by atoms with Crippen LogP contribution in [0.15, 0.2) is 36.4 Å². The zero-order valence-corrected chi connectivity index (χ0v) is 12.5. The Morgan fingerprint density at radius 1 is 1.15 bits per heavy atom. The van der Waals surface area contributed by atoms with E-state index in [2.05, 4.69) is 35.6 Å². The lowest BCUT2D eigenvalue weighted by Gasteiger charge is -2.18. The van der Waals surface area contributed by atoms with E-state index in [4.69, 9.17) is 16.3 Å². The molecule has 2 aromatic rings. The van der Waals surface area contributed by atoms with Gasteiger partial charge in [0.25, 0.3) is 0 Å². The fourth-order valence-corrected chi connectivity index (χ4v) is 2.89. The summed E-state index contributed by atoms with van der Waals surface area (Å²) in [4.78, 5) is 0. The SMILES string of the molecule is CNC(c1ccc(C)c(Cl)c1)c1ccc2c(c1)CCO2. The standard InChI is InChI=1S/C17H18ClNO/c1-11-3-4-14(10-15(11)18)17(19-2)13-5-6-16-12(9-13)7-8-20-16/h3-6,9-10,17,19H,7-8H2,1-2H3. The van der Waals surface area contributed by atoms with Crippen molar-refractivity contribution in [2.24, 2.45) is 0 Å². The zero-order valence-electron chi connectivity index (χ0n) is 11.7. The van der Waals surface area contributed by atoms with Crippen LogP contribution in [0, 0.1) is 6.92 Å². The van der Waals surface area contributed by atoms with Crippen LogP contribution < -0.4 is 10.1 Å². The van der Waals surface area contributed by atoms with Gasteiger partial charge in [0.2, 0.25) is 0 Å². The molecule has 0 saturated carbocycles. The summed E-state index contributed by atoms with van der Waals surface area (Å²) >= 11 is 6.25. The molecular formula is C17H18ClNO. The third kappa shape index (κ3) is 2.41. The topological polar surface area (TPSA) is 21.3 Å². The maximum Gasteiger partial charge on any atom is 0.122 e. The summed E-state index contributed by atoms with van der Waals surface area (Å²) in [5, 5.41) is 4.19. The fraction of sp³-hybridized carbons (Fsp3) is 0.294. The molecule has 0 amide bonds. The van der Waals surface area contributed by atoms with E-state index >= 15 is 0 Å². The summed E-state index contributed by atoms with van der Waals surface area (Å²) in [5.74, 6) is 1.02. The molecule has 3 heteroatoms. The number of nitrogens with one attached hydrogen (secondary N) is 1. The second-order valence-corrected chi connectivity index (χ2v) is 5.60. The maximum absolute atomic E-state index is 6.25. The van der Waals surface area contributed by atoms with Crippen LogP contribution in [-0.4, -0.2) is 13.7 Å². The average Bonchev–Trinajstić information content (AvgIpc) is 2.91. The first-order valence-electron chi connectivity index (χ1n) is 6.88. The molecule has 0 bridgehead atoms. The number of fused-ring (bicyclic) bond motifs is 1. The van der Waals surface area contributed by atoms with Gasteiger partial charge < -0.3 is 10.1 Å². The molecule has 2 nitrogen and oxygen atoms in total. The zero-order chi connectivity index (χ0) is 14.1. The highest BCUT2D eigenvalue weighted by Crippen LogP contribution is 2.31. The monoisotopic (exact) mass is 287 g/mol. The van der Waals surface area contributed by atoms with E-state index in [0.717, 1.165) is 29.4 Å². The van der Waals surface area contributed by atoms with E-state index in [1.165, 1.54) is 16.7 Å². The number of ether oxygens (including phenoxy) is 1. The van der Waals surface area contributed by atoms with Gasteiger partial charge in [-0.2, -0.15) is 0 Å². The van der Waals surface area contributed by atoms with Gasteiger partial charge in [0.1, 0.15) is 5.75 Å². The highest BCUT2D eigenvalue weighted by Gasteiger charge is 2.17. The summed E-state index contributed by atoms with van der Waals surface area (Å²) < 4.78 is 5.57. The normalized spacial score (nSPS) is 14.8. The van der Waals surface area contributed by atoms with E-state index < -0.39 is 0 Å². The van der Waals surface area contributed by atoms with E-state index in [0.29, 0.717) is 0 Å². The molecule has 1 aliphatic rings. The Balaban J connectivity index is 1.98. The van der Waals surface area contributed by atoms with Crippen molar-refractivity contribution in [1.82, 2.24) is 5.32 Å². The number of halogens is 1. The molecule has 2 aromatic carbocycles. The Bertz CT molecular complexity index is 639. The van der Waals surface area contributed by atoms with Crippen molar-refractivity contribution in [3.05, 3.63) is 63.7 Å². The van der Waals surface area contributed by atoms with Crippen LogP contribution in [0.1, 0.15) is 28.3 Å². The lowest BCUT2D eigenvalue weighted by atomic mass is 9.96. The minimum Gasteiger partial charge on any atom is -0.493 e. The average molecular weight is 288 g/mol. The molecule has 20 heavy (non-hydrogen) atoms. The molecule has 0 aliphatic carbocycles. The van der Waals surface area contributed by atoms with Gasteiger partial charge in [-0.3, -0.25) is 0 Å². The molecule has 0 spiro atoms. The van der Waals surface area contributed by atoms with Gasteiger partial charge in [-0.15, -0.1) is 0 Å². The molecule has 1 heterocycles. The van der Waals surface area contributed by atoms with Gasteiger partial charge in [0.15, 0.2) is 0 Å². The first-order valence-corrected chi connectivity index (χ1v) is 7.26. The molecule has 1 atom stereocenters. The van der Waals surface area contributed by atoms with Crippen molar-refractivity contribution in [2.45, 2.75) is 19.4 Å². The molecule has 0 radical (unpaired) electrons. The van der Waals surface area contributed by atoms with Crippen LogP contribution in [0.4, 0.5) is 0 Å². The fourth-order valence-electron chi connectivity index (χ4n) is 2.70. The summed E-state index contributed by atoms with van der Waals surface area (Å²) in [6, 6.07) is 12.8. The van der Waals surface area contributed by atoms with Crippen molar-refractivity contribution >= 4 is 11.6 Å². The predicted octanol–water partition coefficient (Wildman–Crippen LogP) is 3.89. The minimum absolute atomic E-state index is 0.152. The van der Waals surface area contributed by atoms with E-state index in [-0.39, 0.29) is 6.04 Å². The number of benzene rings is 2. The van der Waals surface area contributed by atoms with Crippen LogP contribution in [0.5, 0.6) is 5.75 Å². The molecule has 1 N–H and O–H groups in total. The molecule has 1 unspecified atom stereocenters. The smallest absolute Gasteiger partial charge is 0.122 e. The summed E-state index contributed by atoms with van der Waals surface area (Å²) in [6.07, 6.45) is 0.994. The molecule has 1 aliphatic heterocycles. The van der Waals surface area contributed by atoms with Gasteiger partial charge in [-0.1, -0.05) is 35.9 Å². The van der Waals surface area contributed by atoms with Crippen molar-refractivity contribution in [1.29, 1.82) is 0 Å². The summed E-state index contributed by atoms with van der Waals surface area (Å²) in [7, 11) is 1.97. The molecule has 3 rings (SSSR count). The predicted molar refractivity (Wildman–Crippen MR) is 82.7 cm³/mol. The van der Waals surface area contributed by atoms with Crippen molar-refractivity contribution in [2.75, 3.05) is 13.7 Å². The largest absolute Gasteiger partial charge is 0.493 e. The lowest BCUT2D eigenvalue weighted by Crippen LogP contribution is -2.17. The van der Waals surface area contributed by atoms with Crippen molar-refractivity contribution in [3.8, 4) is 5.75 Å². The Hall–Kier alpha value is -1.51. The molecule has 0 aromatic heterocycles. The number of rotatable bonds is 3. The highest BCUT2D eigenvalue weighted by molar-refractivity contribution is 6.31. The van der Waals surface area contributed by atoms with Crippen molar-refractivity contribution in [3.63, 3.8) is 0 Å². The summed E-state index contributed by atoms with van der Waals surface area (Å²) in [6.45, 7) is 2.81. The van der Waals surface area contributed by atoms with Gasteiger partial charge in [-0.05, 0) is 48.4 Å². The van der Waals surface area contributed by atoms with Crippen LogP contribution in [0.25, 0.3) is 0 Å². The van der Waals surface area contributed by atoms with Gasteiger partial charge in [0, 0.05) is 11.4 Å². The van der Waals surface area contributed by atoms with Gasteiger partial charge in [0.05, 0.1) is 12.6 Å². The van der Waals surface area contributed by atoms with Gasteiger partial charge >= 0.3 is 0 Å². The van der Waals surface area contributed by atoms with Gasteiger partial charge in [-0.25, -0.2) is 0 Å². The third-order valence-electron chi connectivity index (χ3n) is 3.86. The Morgan fingerprint density at radius 2 is 1.90 bits per heavy atom. The van der Waals surface area contributed by atoms with Crippen LogP contribution in [-0.2, 0) is 6.42 Å². The molecule has 0 saturated heterocycles. The second kappa shape index (κ2) is 5.47. The molecular weight excluding hydrogens is 270 g/mol. The Morgan fingerprint density at radius 3 is 2.65 bits per heavy atom. The number of hydrogen-bond donors (Lipinski definition) is 1. The second-order valence-electron chi connectivity index (χ2n) is 5.20. The highest BCUT2D eigenvalue weighted by atomic mass is 35.5. The van der Waals surface area contributed by atoms with Crippen LogP contribution in [0.2, 0.25) is 5.02 Å². The van der Waals surface area contributed by atoms with Crippen LogP contribution >= 0.6 is 11.6 Å². The Kier molecular flexibility index (Phi) is 3.68. The van der Waals surface area contributed by atoms with Crippen molar-refractivity contribution < 1.29 is 4.74 Å². The van der Waals surface area contributed by atoms with E-state index in [9.17, 15) is 0 Å². The Labute approximate surface area is 124 Å². The number of hydrogen-bond acceptors (Lipinski definition) is 2.